The number of benzene rings is 3. The van der Waals surface area contributed by atoms with Crippen LogP contribution in [0.25, 0.3) is 50.7 Å². The van der Waals surface area contributed by atoms with Crippen LogP contribution in [0.1, 0.15) is 16.7 Å². The van der Waals surface area contributed by atoms with Gasteiger partial charge in [-0.25, -0.2) is 4.98 Å². The van der Waals surface area contributed by atoms with Crippen molar-refractivity contribution in [3.63, 3.8) is 0 Å². The Hall–Kier alpha value is -4.21. The maximum Gasteiger partial charge on any atom is 0.0956 e. The fraction of sp³-hybridized carbons (Fsp3) is 0.0333. The molecule has 33 heavy (non-hydrogen) atoms. The maximum absolute atomic E-state index is 9.44. The summed E-state index contributed by atoms with van der Waals surface area (Å²) in [5.74, 6) is 0. The van der Waals surface area contributed by atoms with Crippen LogP contribution in [-0.4, -0.2) is 14.5 Å². The fourth-order valence-corrected chi connectivity index (χ4v) is 4.44. The minimum atomic E-state index is 0.0359. The highest BCUT2D eigenvalue weighted by atomic mass is 16.3. The summed E-state index contributed by atoms with van der Waals surface area (Å²) < 4.78 is 2.23. The van der Waals surface area contributed by atoms with Crippen molar-refractivity contribution in [3.05, 3.63) is 120 Å². The summed E-state index contributed by atoms with van der Waals surface area (Å²) in [7, 11) is 0. The average Bonchev–Trinajstić information content (AvgIpc) is 3.27. The van der Waals surface area contributed by atoms with E-state index in [1.807, 2.05) is 36.4 Å². The molecular weight excluding hydrogens is 404 g/mol. The van der Waals surface area contributed by atoms with E-state index in [0.29, 0.717) is 0 Å². The minimum absolute atomic E-state index is 0.0359. The molecule has 3 aromatic heterocycles. The molecule has 3 nitrogen and oxygen atoms in total. The number of aliphatic hydroxyl groups is 1. The quantitative estimate of drug-likeness (QED) is 0.330. The molecule has 0 fully saturated rings. The topological polar surface area (TPSA) is 37.5 Å². The van der Waals surface area contributed by atoms with Gasteiger partial charge in [0, 0.05) is 28.0 Å². The van der Waals surface area contributed by atoms with Gasteiger partial charge in [-0.15, -0.1) is 0 Å². The molecule has 0 saturated heterocycles. The standard InChI is InChI=1S/C30H22N2O/c33-20-23-12-14-24(15-13-23)29-30-27(26-8-4-5-9-28(26)31-29)19-25-18-22(16-17-32(25)30)11-10-21-6-2-1-3-7-21/h1-19,33H,20H2/b11-10+. The molecule has 0 aliphatic rings. The van der Waals surface area contributed by atoms with E-state index in [4.69, 9.17) is 4.98 Å². The lowest BCUT2D eigenvalue weighted by Gasteiger charge is -2.09. The first kappa shape index (κ1) is 19.5. The predicted molar refractivity (Wildman–Crippen MR) is 137 cm³/mol. The summed E-state index contributed by atoms with van der Waals surface area (Å²) in [5, 5.41) is 11.8. The zero-order chi connectivity index (χ0) is 22.2. The molecule has 1 N–H and O–H groups in total. The van der Waals surface area contributed by atoms with Gasteiger partial charge in [0.1, 0.15) is 0 Å². The van der Waals surface area contributed by atoms with E-state index >= 15 is 0 Å². The van der Waals surface area contributed by atoms with Crippen molar-refractivity contribution >= 4 is 39.5 Å². The Morgan fingerprint density at radius 1 is 0.727 bits per heavy atom. The number of hydrogen-bond acceptors (Lipinski definition) is 2. The minimum Gasteiger partial charge on any atom is -0.392 e. The van der Waals surface area contributed by atoms with Crippen LogP contribution in [0, 0.1) is 0 Å². The Labute approximate surface area is 191 Å². The van der Waals surface area contributed by atoms with Crippen LogP contribution in [0.2, 0.25) is 0 Å². The first-order valence-electron chi connectivity index (χ1n) is 11.1. The van der Waals surface area contributed by atoms with E-state index in [0.717, 1.165) is 44.3 Å². The number of rotatable bonds is 4. The smallest absolute Gasteiger partial charge is 0.0956 e. The average molecular weight is 427 g/mol. The molecule has 6 aromatic rings. The van der Waals surface area contributed by atoms with Crippen molar-refractivity contribution in [2.24, 2.45) is 0 Å². The van der Waals surface area contributed by atoms with Crippen molar-refractivity contribution in [1.82, 2.24) is 9.38 Å². The van der Waals surface area contributed by atoms with Gasteiger partial charge in [-0.1, -0.05) is 84.9 Å². The molecule has 0 unspecified atom stereocenters. The van der Waals surface area contributed by atoms with Crippen molar-refractivity contribution in [3.8, 4) is 11.3 Å². The lowest BCUT2D eigenvalue weighted by atomic mass is 10.0. The molecule has 6 rings (SSSR count). The van der Waals surface area contributed by atoms with Crippen LogP contribution in [0.3, 0.4) is 0 Å². The van der Waals surface area contributed by atoms with E-state index in [1.165, 1.54) is 10.9 Å². The zero-order valence-electron chi connectivity index (χ0n) is 18.0. The molecule has 0 aliphatic carbocycles. The van der Waals surface area contributed by atoms with Crippen LogP contribution >= 0.6 is 0 Å². The summed E-state index contributed by atoms with van der Waals surface area (Å²) >= 11 is 0. The first-order chi connectivity index (χ1) is 16.3. The highest BCUT2D eigenvalue weighted by Gasteiger charge is 2.15. The molecule has 0 amide bonds. The third-order valence-electron chi connectivity index (χ3n) is 6.13. The Bertz CT molecular complexity index is 1630. The van der Waals surface area contributed by atoms with Crippen molar-refractivity contribution in [2.75, 3.05) is 0 Å². The summed E-state index contributed by atoms with van der Waals surface area (Å²) in [5.41, 5.74) is 8.42. The van der Waals surface area contributed by atoms with E-state index in [1.54, 1.807) is 0 Å². The second kappa shape index (κ2) is 8.05. The molecule has 3 heteroatoms. The van der Waals surface area contributed by atoms with E-state index in [9.17, 15) is 5.11 Å². The van der Waals surface area contributed by atoms with Crippen molar-refractivity contribution in [2.45, 2.75) is 6.61 Å². The summed E-state index contributed by atoms with van der Waals surface area (Å²) in [6.07, 6.45) is 6.42. The fourth-order valence-electron chi connectivity index (χ4n) is 4.44. The Kier molecular flexibility index (Phi) is 4.75. The van der Waals surface area contributed by atoms with Crippen LogP contribution in [0.15, 0.2) is 103 Å². The van der Waals surface area contributed by atoms with Gasteiger partial charge in [0.2, 0.25) is 0 Å². The molecule has 0 saturated carbocycles. The maximum atomic E-state index is 9.44. The second-order valence-electron chi connectivity index (χ2n) is 8.24. The largest absolute Gasteiger partial charge is 0.392 e. The number of pyridine rings is 2. The summed E-state index contributed by atoms with van der Waals surface area (Å²) in [6, 6.07) is 33.2. The van der Waals surface area contributed by atoms with E-state index in [2.05, 4.69) is 83.4 Å². The SMILES string of the molecule is OCc1ccc(-c2nc3ccccc3c3cc4cc(/C=C/c5ccccc5)ccn4c23)cc1. The molecule has 0 bridgehead atoms. The van der Waals surface area contributed by atoms with Crippen LogP contribution in [-0.2, 0) is 6.61 Å². The molecule has 0 atom stereocenters. The summed E-state index contributed by atoms with van der Waals surface area (Å²) in [4.78, 5) is 5.05. The molecule has 158 valence electrons. The van der Waals surface area contributed by atoms with Crippen molar-refractivity contribution < 1.29 is 5.11 Å². The van der Waals surface area contributed by atoms with Gasteiger partial charge < -0.3 is 9.51 Å². The van der Waals surface area contributed by atoms with Gasteiger partial charge in [-0.05, 0) is 41.0 Å². The highest BCUT2D eigenvalue weighted by Crippen LogP contribution is 2.35. The number of fused-ring (bicyclic) bond motifs is 5. The Balaban J connectivity index is 1.57. The second-order valence-corrected chi connectivity index (χ2v) is 8.24. The molecule has 0 radical (unpaired) electrons. The number of aliphatic hydroxyl groups excluding tert-OH is 1. The molecule has 0 spiro atoms. The predicted octanol–water partition coefficient (Wildman–Crippen LogP) is 6.97. The Morgan fingerprint density at radius 3 is 2.30 bits per heavy atom. The van der Waals surface area contributed by atoms with Gasteiger partial charge in [0.15, 0.2) is 0 Å². The molecule has 0 aliphatic heterocycles. The van der Waals surface area contributed by atoms with Crippen LogP contribution < -0.4 is 0 Å². The molecular formula is C30H22N2O. The van der Waals surface area contributed by atoms with Crippen LogP contribution in [0.4, 0.5) is 0 Å². The van der Waals surface area contributed by atoms with Gasteiger partial charge in [-0.2, -0.15) is 0 Å². The first-order valence-corrected chi connectivity index (χ1v) is 11.1. The number of aromatic nitrogens is 2. The highest BCUT2D eigenvalue weighted by molar-refractivity contribution is 6.12. The van der Waals surface area contributed by atoms with Gasteiger partial charge in [0.25, 0.3) is 0 Å². The monoisotopic (exact) mass is 426 g/mol. The van der Waals surface area contributed by atoms with Gasteiger partial charge in [0.05, 0.1) is 23.3 Å². The molecule has 3 heterocycles. The molecule has 3 aromatic carbocycles. The zero-order valence-corrected chi connectivity index (χ0v) is 18.0. The lowest BCUT2D eigenvalue weighted by molar-refractivity contribution is 0.282. The third kappa shape index (κ3) is 3.49. The van der Waals surface area contributed by atoms with Gasteiger partial charge in [-0.3, -0.25) is 0 Å². The van der Waals surface area contributed by atoms with E-state index < -0.39 is 0 Å². The lowest BCUT2D eigenvalue weighted by Crippen LogP contribution is -1.93. The summed E-state index contributed by atoms with van der Waals surface area (Å²) in [6.45, 7) is 0.0359. The van der Waals surface area contributed by atoms with E-state index in [-0.39, 0.29) is 6.61 Å². The number of nitrogens with zero attached hydrogens (tertiary/aromatic N) is 2. The van der Waals surface area contributed by atoms with Crippen LogP contribution in [0.5, 0.6) is 0 Å². The van der Waals surface area contributed by atoms with Gasteiger partial charge >= 0.3 is 0 Å². The Morgan fingerprint density at radius 2 is 1.48 bits per heavy atom. The van der Waals surface area contributed by atoms with Crippen molar-refractivity contribution in [1.29, 1.82) is 0 Å². The normalized spacial score (nSPS) is 11.8. The number of para-hydroxylation sites is 1. The number of hydrogen-bond donors (Lipinski definition) is 1. The third-order valence-corrected chi connectivity index (χ3v) is 6.13.